The normalized spacial score (nSPS) is 29.8. The number of carbonyl (C=O) groups excluding carboxylic acids is 1. The Labute approximate surface area is 103 Å². The average molecular weight is 244 g/mol. The summed E-state index contributed by atoms with van der Waals surface area (Å²) in [6, 6.07) is 0.0694. The highest BCUT2D eigenvalue weighted by Crippen LogP contribution is 2.20. The summed E-state index contributed by atoms with van der Waals surface area (Å²) in [7, 11) is 1.66. The highest BCUT2D eigenvalue weighted by molar-refractivity contribution is 5.68. The second kappa shape index (κ2) is 5.69. The standard InChI is InChI=1S/C12H24N2O3/c1-12(2,3)17-11(15)14-9-7-8(13)5-6-10(9)16-4/h8-10H,5-7,13H2,1-4H3,(H,14,15)/t8-,9+,10+/m0/s1. The molecular weight excluding hydrogens is 220 g/mol. The highest BCUT2D eigenvalue weighted by atomic mass is 16.6. The zero-order chi connectivity index (χ0) is 13.1. The molecule has 100 valence electrons. The van der Waals surface area contributed by atoms with Crippen molar-refractivity contribution in [3.8, 4) is 0 Å². The summed E-state index contributed by atoms with van der Waals surface area (Å²) in [4.78, 5) is 11.7. The zero-order valence-electron chi connectivity index (χ0n) is 11.2. The van der Waals surface area contributed by atoms with E-state index in [4.69, 9.17) is 15.2 Å². The van der Waals surface area contributed by atoms with E-state index in [9.17, 15) is 4.79 Å². The summed E-state index contributed by atoms with van der Waals surface area (Å²) in [5.41, 5.74) is 5.41. The third-order valence-electron chi connectivity index (χ3n) is 2.83. The molecule has 0 heterocycles. The van der Waals surface area contributed by atoms with Crippen LogP contribution >= 0.6 is 0 Å². The molecule has 5 nitrogen and oxygen atoms in total. The van der Waals surface area contributed by atoms with Crippen molar-refractivity contribution >= 4 is 6.09 Å². The summed E-state index contributed by atoms with van der Waals surface area (Å²) in [6.45, 7) is 5.52. The average Bonchev–Trinajstić information content (AvgIpc) is 2.14. The van der Waals surface area contributed by atoms with Gasteiger partial charge in [0.2, 0.25) is 0 Å². The van der Waals surface area contributed by atoms with Crippen molar-refractivity contribution in [2.24, 2.45) is 5.73 Å². The molecule has 1 amide bonds. The van der Waals surface area contributed by atoms with Gasteiger partial charge in [0.25, 0.3) is 0 Å². The topological polar surface area (TPSA) is 73.6 Å². The van der Waals surface area contributed by atoms with Crippen molar-refractivity contribution in [1.29, 1.82) is 0 Å². The van der Waals surface area contributed by atoms with Crippen LogP contribution in [0.25, 0.3) is 0 Å². The maximum absolute atomic E-state index is 11.7. The van der Waals surface area contributed by atoms with Crippen molar-refractivity contribution in [2.75, 3.05) is 7.11 Å². The lowest BCUT2D eigenvalue weighted by molar-refractivity contribution is 0.0186. The quantitative estimate of drug-likeness (QED) is 0.770. The first-order valence-electron chi connectivity index (χ1n) is 6.09. The summed E-state index contributed by atoms with van der Waals surface area (Å²) in [5, 5.41) is 2.84. The number of methoxy groups -OCH3 is 1. The fraction of sp³-hybridized carbons (Fsp3) is 0.917. The van der Waals surface area contributed by atoms with Gasteiger partial charge in [0.15, 0.2) is 0 Å². The number of hydrogen-bond acceptors (Lipinski definition) is 4. The molecule has 17 heavy (non-hydrogen) atoms. The van der Waals surface area contributed by atoms with E-state index in [-0.39, 0.29) is 18.2 Å². The van der Waals surface area contributed by atoms with Crippen LogP contribution in [0.4, 0.5) is 4.79 Å². The van der Waals surface area contributed by atoms with E-state index in [2.05, 4.69) is 5.32 Å². The van der Waals surface area contributed by atoms with Gasteiger partial charge in [-0.25, -0.2) is 4.79 Å². The largest absolute Gasteiger partial charge is 0.444 e. The Kier molecular flexibility index (Phi) is 4.77. The maximum atomic E-state index is 11.7. The van der Waals surface area contributed by atoms with E-state index in [0.29, 0.717) is 0 Å². The van der Waals surface area contributed by atoms with Crippen molar-refractivity contribution in [3.63, 3.8) is 0 Å². The monoisotopic (exact) mass is 244 g/mol. The van der Waals surface area contributed by atoms with E-state index >= 15 is 0 Å². The second-order valence-corrected chi connectivity index (χ2v) is 5.60. The summed E-state index contributed by atoms with van der Waals surface area (Å²) < 4.78 is 10.6. The third-order valence-corrected chi connectivity index (χ3v) is 2.83. The predicted molar refractivity (Wildman–Crippen MR) is 65.8 cm³/mol. The van der Waals surface area contributed by atoms with Crippen LogP contribution in [0.15, 0.2) is 0 Å². The maximum Gasteiger partial charge on any atom is 0.407 e. The number of nitrogens with one attached hydrogen (secondary N) is 1. The third kappa shape index (κ3) is 4.91. The van der Waals surface area contributed by atoms with Gasteiger partial charge in [-0.3, -0.25) is 0 Å². The van der Waals surface area contributed by atoms with Gasteiger partial charge >= 0.3 is 6.09 Å². The summed E-state index contributed by atoms with van der Waals surface area (Å²) in [6.07, 6.45) is 2.17. The number of nitrogens with two attached hydrogens (primary N) is 1. The Hall–Kier alpha value is -0.810. The predicted octanol–water partition coefficient (Wildman–Crippen LogP) is 1.41. The molecule has 0 spiro atoms. The van der Waals surface area contributed by atoms with Crippen LogP contribution in [-0.2, 0) is 9.47 Å². The SMILES string of the molecule is CO[C@@H]1CC[C@H](N)C[C@H]1NC(=O)OC(C)(C)C. The molecule has 0 bridgehead atoms. The molecule has 0 saturated heterocycles. The van der Waals surface area contributed by atoms with Crippen LogP contribution in [0.5, 0.6) is 0 Å². The van der Waals surface area contributed by atoms with E-state index < -0.39 is 11.7 Å². The molecule has 0 aromatic heterocycles. The lowest BCUT2D eigenvalue weighted by Crippen LogP contribution is -2.51. The Bertz CT molecular complexity index is 263. The Morgan fingerprint density at radius 1 is 1.35 bits per heavy atom. The van der Waals surface area contributed by atoms with Gasteiger partial charge in [0.1, 0.15) is 5.60 Å². The Morgan fingerprint density at radius 3 is 2.53 bits per heavy atom. The second-order valence-electron chi connectivity index (χ2n) is 5.60. The van der Waals surface area contributed by atoms with Crippen LogP contribution < -0.4 is 11.1 Å². The van der Waals surface area contributed by atoms with E-state index in [1.807, 2.05) is 20.8 Å². The van der Waals surface area contributed by atoms with Gasteiger partial charge in [0.05, 0.1) is 12.1 Å². The molecule has 1 fully saturated rings. The van der Waals surface area contributed by atoms with Crippen LogP contribution in [0, 0.1) is 0 Å². The van der Waals surface area contributed by atoms with Crippen LogP contribution in [0.1, 0.15) is 40.0 Å². The molecule has 1 aliphatic rings. The minimum absolute atomic E-state index is 0.0299. The lowest BCUT2D eigenvalue weighted by atomic mass is 9.89. The Morgan fingerprint density at radius 2 is 2.00 bits per heavy atom. The minimum atomic E-state index is -0.483. The highest BCUT2D eigenvalue weighted by Gasteiger charge is 2.31. The lowest BCUT2D eigenvalue weighted by Gasteiger charge is -2.34. The molecule has 1 rings (SSSR count). The first-order chi connectivity index (χ1) is 7.81. The van der Waals surface area contributed by atoms with Crippen molar-refractivity contribution in [1.82, 2.24) is 5.32 Å². The Balaban J connectivity index is 2.49. The smallest absolute Gasteiger partial charge is 0.407 e. The summed E-state index contributed by atoms with van der Waals surface area (Å²) >= 11 is 0. The number of alkyl carbamates (subject to hydrolysis) is 1. The van der Waals surface area contributed by atoms with Gasteiger partial charge < -0.3 is 20.5 Å². The molecule has 1 aliphatic carbocycles. The van der Waals surface area contributed by atoms with Gasteiger partial charge in [0, 0.05) is 13.2 Å². The molecular formula is C12H24N2O3. The van der Waals surface area contributed by atoms with Gasteiger partial charge in [-0.15, -0.1) is 0 Å². The van der Waals surface area contributed by atoms with Gasteiger partial charge in [-0.2, -0.15) is 0 Å². The number of carbonyl (C=O) groups is 1. The molecule has 5 heteroatoms. The fourth-order valence-electron chi connectivity index (χ4n) is 2.07. The first kappa shape index (κ1) is 14.3. The molecule has 1 saturated carbocycles. The molecule has 0 unspecified atom stereocenters. The molecule has 0 aliphatic heterocycles. The number of hydrogen-bond donors (Lipinski definition) is 2. The molecule has 3 N–H and O–H groups in total. The van der Waals surface area contributed by atoms with E-state index in [0.717, 1.165) is 19.3 Å². The van der Waals surface area contributed by atoms with Crippen LogP contribution in [0.2, 0.25) is 0 Å². The van der Waals surface area contributed by atoms with Crippen molar-refractivity contribution < 1.29 is 14.3 Å². The van der Waals surface area contributed by atoms with Crippen molar-refractivity contribution in [2.45, 2.75) is 63.8 Å². The van der Waals surface area contributed by atoms with Crippen molar-refractivity contribution in [3.05, 3.63) is 0 Å². The summed E-state index contributed by atoms with van der Waals surface area (Å²) in [5.74, 6) is 0. The first-order valence-corrected chi connectivity index (χ1v) is 6.09. The minimum Gasteiger partial charge on any atom is -0.444 e. The fourth-order valence-corrected chi connectivity index (χ4v) is 2.07. The molecule has 3 atom stereocenters. The van der Waals surface area contributed by atoms with Gasteiger partial charge in [-0.05, 0) is 40.0 Å². The molecule has 0 aromatic rings. The number of ether oxygens (including phenoxy) is 2. The number of amides is 1. The molecule has 0 aromatic carbocycles. The molecule has 0 radical (unpaired) electrons. The number of rotatable bonds is 2. The zero-order valence-corrected chi connectivity index (χ0v) is 11.2. The van der Waals surface area contributed by atoms with E-state index in [1.165, 1.54) is 0 Å². The van der Waals surface area contributed by atoms with Crippen LogP contribution in [0.3, 0.4) is 0 Å². The van der Waals surface area contributed by atoms with Crippen LogP contribution in [-0.4, -0.2) is 37.0 Å². The van der Waals surface area contributed by atoms with Gasteiger partial charge in [-0.1, -0.05) is 0 Å². The van der Waals surface area contributed by atoms with E-state index in [1.54, 1.807) is 7.11 Å².